The number of rotatable bonds is 9. The molecule has 0 aromatic heterocycles. The Bertz CT molecular complexity index is 1460. The number of carbonyl (C=O) groups is 1. The van der Waals surface area contributed by atoms with Crippen molar-refractivity contribution in [1.29, 1.82) is 0 Å². The Labute approximate surface area is 222 Å². The van der Waals surface area contributed by atoms with Crippen molar-refractivity contribution in [3.05, 3.63) is 125 Å². The number of hydrogen-bond donors (Lipinski definition) is 1. The molecule has 0 saturated carbocycles. The van der Waals surface area contributed by atoms with E-state index in [1.165, 1.54) is 25.3 Å². The second-order valence-electron chi connectivity index (χ2n) is 8.46. The van der Waals surface area contributed by atoms with E-state index in [1.807, 2.05) is 61.5 Å². The van der Waals surface area contributed by atoms with E-state index in [2.05, 4.69) is 5.32 Å². The molecule has 1 amide bonds. The van der Waals surface area contributed by atoms with Gasteiger partial charge >= 0.3 is 0 Å². The summed E-state index contributed by atoms with van der Waals surface area (Å²) in [6, 6.07) is 29.5. The number of ether oxygens (including phenoxy) is 1. The average Bonchev–Trinajstić information content (AvgIpc) is 2.92. The van der Waals surface area contributed by atoms with Crippen LogP contribution in [0.15, 0.2) is 108 Å². The summed E-state index contributed by atoms with van der Waals surface area (Å²) in [5, 5.41) is 3.34. The zero-order valence-corrected chi connectivity index (χ0v) is 22.0. The van der Waals surface area contributed by atoms with Crippen LogP contribution in [-0.4, -0.2) is 28.0 Å². The number of aryl methyl sites for hydroxylation is 1. The van der Waals surface area contributed by atoms with Crippen molar-refractivity contribution >= 4 is 33.2 Å². The van der Waals surface area contributed by atoms with Gasteiger partial charge in [-0.15, -0.1) is 0 Å². The SMILES string of the molecule is COc1ccc(Cl)cc1N(CC(=O)NC(c1ccccc1)c1ccc(C)cc1)S(=O)(=O)c1ccccc1. The monoisotopic (exact) mass is 534 g/mol. The summed E-state index contributed by atoms with van der Waals surface area (Å²) in [7, 11) is -2.70. The molecule has 0 aliphatic rings. The van der Waals surface area contributed by atoms with Crippen molar-refractivity contribution in [2.24, 2.45) is 0 Å². The highest BCUT2D eigenvalue weighted by Gasteiger charge is 2.30. The fourth-order valence-electron chi connectivity index (χ4n) is 3.98. The van der Waals surface area contributed by atoms with E-state index in [9.17, 15) is 13.2 Å². The first-order chi connectivity index (χ1) is 17.8. The lowest BCUT2D eigenvalue weighted by molar-refractivity contribution is -0.120. The molecule has 0 aliphatic heterocycles. The zero-order valence-electron chi connectivity index (χ0n) is 20.5. The number of sulfonamides is 1. The Morgan fingerprint density at radius 1 is 0.892 bits per heavy atom. The molecule has 0 spiro atoms. The third kappa shape index (κ3) is 6.13. The van der Waals surface area contributed by atoms with Crippen molar-refractivity contribution in [2.45, 2.75) is 17.9 Å². The van der Waals surface area contributed by atoms with E-state index in [0.717, 1.165) is 21.0 Å². The molecule has 0 aliphatic carbocycles. The first-order valence-corrected chi connectivity index (χ1v) is 13.4. The molecule has 4 rings (SSSR count). The number of benzene rings is 4. The van der Waals surface area contributed by atoms with Crippen LogP contribution >= 0.6 is 11.6 Å². The van der Waals surface area contributed by atoms with Gasteiger partial charge in [0.15, 0.2) is 0 Å². The minimum atomic E-state index is -4.14. The Morgan fingerprint density at radius 2 is 1.49 bits per heavy atom. The second kappa shape index (κ2) is 11.5. The summed E-state index contributed by atoms with van der Waals surface area (Å²) in [5.74, 6) is -0.217. The van der Waals surface area contributed by atoms with Crippen LogP contribution in [0.1, 0.15) is 22.7 Å². The van der Waals surface area contributed by atoms with Crippen molar-refractivity contribution in [3.8, 4) is 5.75 Å². The molecular weight excluding hydrogens is 508 g/mol. The minimum Gasteiger partial charge on any atom is -0.495 e. The van der Waals surface area contributed by atoms with Crippen LogP contribution in [0.25, 0.3) is 0 Å². The molecule has 8 heteroatoms. The highest BCUT2D eigenvalue weighted by molar-refractivity contribution is 7.92. The van der Waals surface area contributed by atoms with Gasteiger partial charge in [0.05, 0.1) is 23.7 Å². The molecule has 6 nitrogen and oxygen atoms in total. The fourth-order valence-corrected chi connectivity index (χ4v) is 5.59. The lowest BCUT2D eigenvalue weighted by Crippen LogP contribution is -2.42. The standard InChI is InChI=1S/C29H27ClN2O4S/c1-21-13-15-23(16-14-21)29(22-9-5-3-6-10-22)31-28(33)20-32(26-19-24(30)17-18-27(26)36-2)37(34,35)25-11-7-4-8-12-25/h3-19,29H,20H2,1-2H3,(H,31,33). The molecule has 37 heavy (non-hydrogen) atoms. The highest BCUT2D eigenvalue weighted by Crippen LogP contribution is 2.35. The van der Waals surface area contributed by atoms with Crippen LogP contribution in [0, 0.1) is 6.92 Å². The van der Waals surface area contributed by atoms with Crippen LogP contribution in [0.5, 0.6) is 5.75 Å². The Morgan fingerprint density at radius 3 is 2.11 bits per heavy atom. The number of carbonyl (C=O) groups excluding carboxylic acids is 1. The first-order valence-electron chi connectivity index (χ1n) is 11.6. The molecule has 4 aromatic rings. The van der Waals surface area contributed by atoms with Gasteiger partial charge < -0.3 is 10.1 Å². The van der Waals surface area contributed by atoms with Gasteiger partial charge in [-0.3, -0.25) is 9.10 Å². The first kappa shape index (κ1) is 26.3. The maximum atomic E-state index is 13.8. The predicted octanol–water partition coefficient (Wildman–Crippen LogP) is 5.76. The maximum Gasteiger partial charge on any atom is 0.264 e. The highest BCUT2D eigenvalue weighted by atomic mass is 35.5. The van der Waals surface area contributed by atoms with Gasteiger partial charge in [0, 0.05) is 5.02 Å². The van der Waals surface area contributed by atoms with E-state index < -0.39 is 28.5 Å². The number of hydrogen-bond acceptors (Lipinski definition) is 4. The van der Waals surface area contributed by atoms with Gasteiger partial charge in [-0.25, -0.2) is 8.42 Å². The Hall–Kier alpha value is -3.81. The molecule has 4 aromatic carbocycles. The summed E-state index contributed by atoms with van der Waals surface area (Å²) in [6.07, 6.45) is 0. The third-order valence-electron chi connectivity index (χ3n) is 5.88. The van der Waals surface area contributed by atoms with Crippen LogP contribution in [-0.2, 0) is 14.8 Å². The number of anilines is 1. The van der Waals surface area contributed by atoms with Gasteiger partial charge in [0.1, 0.15) is 12.3 Å². The van der Waals surface area contributed by atoms with Crippen LogP contribution < -0.4 is 14.4 Å². The molecule has 0 fully saturated rings. The van der Waals surface area contributed by atoms with E-state index in [0.29, 0.717) is 5.02 Å². The molecular formula is C29H27ClN2O4S. The quantitative estimate of drug-likeness (QED) is 0.296. The minimum absolute atomic E-state index is 0.0444. The normalized spacial score (nSPS) is 12.0. The summed E-state index contributed by atoms with van der Waals surface area (Å²) < 4.78 is 34.0. The lowest BCUT2D eigenvalue weighted by Gasteiger charge is -2.27. The van der Waals surface area contributed by atoms with E-state index in [-0.39, 0.29) is 16.3 Å². The number of methoxy groups -OCH3 is 1. The second-order valence-corrected chi connectivity index (χ2v) is 10.8. The van der Waals surface area contributed by atoms with Gasteiger partial charge in [0.25, 0.3) is 10.0 Å². The zero-order chi connectivity index (χ0) is 26.4. The van der Waals surface area contributed by atoms with E-state index in [1.54, 1.807) is 30.3 Å². The van der Waals surface area contributed by atoms with Crippen molar-refractivity contribution in [2.75, 3.05) is 18.0 Å². The fraction of sp³-hybridized carbons (Fsp3) is 0.138. The number of nitrogens with zero attached hydrogens (tertiary/aromatic N) is 1. The smallest absolute Gasteiger partial charge is 0.264 e. The number of halogens is 1. The molecule has 0 heterocycles. The number of nitrogens with one attached hydrogen (secondary N) is 1. The summed E-state index contributed by atoms with van der Waals surface area (Å²) >= 11 is 6.23. The topological polar surface area (TPSA) is 75.7 Å². The van der Waals surface area contributed by atoms with Gasteiger partial charge in [-0.05, 0) is 48.4 Å². The van der Waals surface area contributed by atoms with Gasteiger partial charge in [-0.1, -0.05) is 90.0 Å². The Balaban J connectivity index is 1.73. The summed E-state index contributed by atoms with van der Waals surface area (Å²) in [4.78, 5) is 13.6. The van der Waals surface area contributed by atoms with Gasteiger partial charge in [-0.2, -0.15) is 0 Å². The van der Waals surface area contributed by atoms with Crippen molar-refractivity contribution in [1.82, 2.24) is 5.32 Å². The van der Waals surface area contributed by atoms with Gasteiger partial charge in [0.2, 0.25) is 5.91 Å². The molecule has 1 unspecified atom stereocenters. The third-order valence-corrected chi connectivity index (χ3v) is 7.89. The molecule has 0 radical (unpaired) electrons. The van der Waals surface area contributed by atoms with Crippen LogP contribution in [0.4, 0.5) is 5.69 Å². The van der Waals surface area contributed by atoms with Crippen molar-refractivity contribution < 1.29 is 17.9 Å². The molecule has 190 valence electrons. The van der Waals surface area contributed by atoms with E-state index >= 15 is 0 Å². The maximum absolute atomic E-state index is 13.8. The average molecular weight is 535 g/mol. The largest absolute Gasteiger partial charge is 0.495 e. The molecule has 1 atom stereocenters. The summed E-state index contributed by atoms with van der Waals surface area (Å²) in [5.41, 5.74) is 3.01. The summed E-state index contributed by atoms with van der Waals surface area (Å²) in [6.45, 7) is 1.51. The molecule has 1 N–H and O–H groups in total. The Kier molecular flexibility index (Phi) is 8.16. The molecule has 0 bridgehead atoms. The van der Waals surface area contributed by atoms with Crippen molar-refractivity contribution in [3.63, 3.8) is 0 Å². The lowest BCUT2D eigenvalue weighted by atomic mass is 9.98. The predicted molar refractivity (Wildman–Crippen MR) is 147 cm³/mol. The van der Waals surface area contributed by atoms with Crippen LogP contribution in [0.3, 0.4) is 0 Å². The number of amides is 1. The van der Waals surface area contributed by atoms with E-state index in [4.69, 9.17) is 16.3 Å². The van der Waals surface area contributed by atoms with Crippen LogP contribution in [0.2, 0.25) is 5.02 Å². The molecule has 0 saturated heterocycles.